The molecule has 1 N–H and O–H groups in total. The molecule has 2 atom stereocenters. The summed E-state index contributed by atoms with van der Waals surface area (Å²) in [6.07, 6.45) is 7.99. The summed E-state index contributed by atoms with van der Waals surface area (Å²) in [5, 5.41) is 3.54. The first kappa shape index (κ1) is 14.5. The molecule has 0 aromatic carbocycles. The van der Waals surface area contributed by atoms with E-state index in [2.05, 4.69) is 24.1 Å². The van der Waals surface area contributed by atoms with Crippen LogP contribution < -0.4 is 5.32 Å². The number of ether oxygens (including phenoxy) is 1. The van der Waals surface area contributed by atoms with Gasteiger partial charge in [-0.05, 0) is 32.2 Å². The van der Waals surface area contributed by atoms with Gasteiger partial charge in [-0.2, -0.15) is 0 Å². The molecule has 2 nitrogen and oxygen atoms in total. The predicted octanol–water partition coefficient (Wildman–Crippen LogP) is 2.97. The van der Waals surface area contributed by atoms with Crippen molar-refractivity contribution in [2.75, 3.05) is 13.7 Å². The van der Waals surface area contributed by atoms with Crippen LogP contribution in [0.25, 0.3) is 0 Å². The van der Waals surface area contributed by atoms with E-state index in [1.54, 1.807) is 0 Å². The molecule has 0 bridgehead atoms. The number of likely N-dealkylation sites (N-methyl/N-ethyl adjacent to an activating group) is 1. The Morgan fingerprint density at radius 2 is 2.00 bits per heavy atom. The zero-order valence-corrected chi connectivity index (χ0v) is 11.6. The fraction of sp³-hybridized carbons (Fsp3) is 0.867. The Bertz CT molecular complexity index is 247. The van der Waals surface area contributed by atoms with Crippen LogP contribution >= 0.6 is 0 Å². The molecule has 0 aliphatic heterocycles. The van der Waals surface area contributed by atoms with E-state index in [1.807, 2.05) is 14.0 Å². The summed E-state index contributed by atoms with van der Waals surface area (Å²) in [5.41, 5.74) is 0. The van der Waals surface area contributed by atoms with Gasteiger partial charge < -0.3 is 10.1 Å². The third-order valence-electron chi connectivity index (χ3n) is 3.75. The zero-order chi connectivity index (χ0) is 12.5. The maximum Gasteiger partial charge on any atom is 0.0761 e. The lowest BCUT2D eigenvalue weighted by atomic mass is 9.82. The minimum Gasteiger partial charge on any atom is -0.380 e. The monoisotopic (exact) mass is 237 g/mol. The summed E-state index contributed by atoms with van der Waals surface area (Å²) in [5.74, 6) is 6.91. The van der Waals surface area contributed by atoms with E-state index in [0.29, 0.717) is 12.1 Å². The second kappa shape index (κ2) is 8.55. The van der Waals surface area contributed by atoms with Gasteiger partial charge in [0.25, 0.3) is 0 Å². The molecule has 2 heteroatoms. The summed E-state index contributed by atoms with van der Waals surface area (Å²) < 4.78 is 5.77. The molecule has 1 aliphatic rings. The van der Waals surface area contributed by atoms with Crippen LogP contribution in [0, 0.1) is 17.8 Å². The quantitative estimate of drug-likeness (QED) is 0.717. The van der Waals surface area contributed by atoms with Crippen LogP contribution in [0.4, 0.5) is 0 Å². The fourth-order valence-electron chi connectivity index (χ4n) is 2.93. The number of rotatable bonds is 6. The number of hydrogen-bond acceptors (Lipinski definition) is 2. The van der Waals surface area contributed by atoms with Gasteiger partial charge >= 0.3 is 0 Å². The van der Waals surface area contributed by atoms with Gasteiger partial charge in [0.05, 0.1) is 6.10 Å². The molecule has 98 valence electrons. The molecule has 0 aromatic rings. The molecule has 1 rings (SSSR count). The van der Waals surface area contributed by atoms with Gasteiger partial charge in [-0.3, -0.25) is 0 Å². The van der Waals surface area contributed by atoms with Gasteiger partial charge in [0.1, 0.15) is 0 Å². The Balaban J connectivity index is 2.60. The molecule has 1 fully saturated rings. The molecular weight excluding hydrogens is 210 g/mol. The van der Waals surface area contributed by atoms with Crippen molar-refractivity contribution in [3.05, 3.63) is 0 Å². The highest BCUT2D eigenvalue weighted by molar-refractivity contribution is 5.00. The summed E-state index contributed by atoms with van der Waals surface area (Å²) in [7, 11) is 1.85. The van der Waals surface area contributed by atoms with Crippen molar-refractivity contribution >= 4 is 0 Å². The van der Waals surface area contributed by atoms with Crippen LogP contribution in [-0.2, 0) is 4.74 Å². The van der Waals surface area contributed by atoms with Crippen molar-refractivity contribution in [3.8, 4) is 11.8 Å². The first-order valence-corrected chi connectivity index (χ1v) is 6.99. The summed E-state index contributed by atoms with van der Waals surface area (Å²) in [6, 6.07) is 0.389. The fourth-order valence-corrected chi connectivity index (χ4v) is 2.93. The second-order valence-electron chi connectivity index (χ2n) is 4.89. The molecule has 1 saturated carbocycles. The van der Waals surface area contributed by atoms with Crippen molar-refractivity contribution in [3.63, 3.8) is 0 Å². The minimum atomic E-state index is 0.330. The largest absolute Gasteiger partial charge is 0.380 e. The lowest BCUT2D eigenvalue weighted by molar-refractivity contribution is 0.00985. The third-order valence-corrected chi connectivity index (χ3v) is 3.75. The van der Waals surface area contributed by atoms with E-state index in [1.165, 1.54) is 32.1 Å². The molecule has 0 aromatic heterocycles. The van der Waals surface area contributed by atoms with Gasteiger partial charge in [0.2, 0.25) is 0 Å². The Morgan fingerprint density at radius 3 is 2.53 bits per heavy atom. The van der Waals surface area contributed by atoms with Gasteiger partial charge in [-0.1, -0.05) is 26.2 Å². The van der Waals surface area contributed by atoms with E-state index in [9.17, 15) is 0 Å². The summed E-state index contributed by atoms with van der Waals surface area (Å²) in [6.45, 7) is 5.05. The highest BCUT2D eigenvalue weighted by atomic mass is 16.5. The Hall–Kier alpha value is -0.520. The smallest absolute Gasteiger partial charge is 0.0761 e. The minimum absolute atomic E-state index is 0.330. The molecule has 0 saturated heterocycles. The normalized spacial score (nSPS) is 20.4. The SMILES string of the molecule is CC#CCC(NCC)C(OC)C1CCCCC1. The van der Waals surface area contributed by atoms with Crippen LogP contribution in [0.2, 0.25) is 0 Å². The molecule has 0 spiro atoms. The molecule has 0 radical (unpaired) electrons. The van der Waals surface area contributed by atoms with Crippen LogP contribution in [0.5, 0.6) is 0 Å². The third kappa shape index (κ3) is 4.69. The van der Waals surface area contributed by atoms with Crippen LogP contribution in [0.15, 0.2) is 0 Å². The van der Waals surface area contributed by atoms with E-state index in [4.69, 9.17) is 4.74 Å². The van der Waals surface area contributed by atoms with Crippen molar-refractivity contribution < 1.29 is 4.74 Å². The zero-order valence-electron chi connectivity index (χ0n) is 11.6. The van der Waals surface area contributed by atoms with Crippen molar-refractivity contribution in [2.45, 2.75) is 64.5 Å². The molecular formula is C15H27NO. The van der Waals surface area contributed by atoms with Gasteiger partial charge in [-0.25, -0.2) is 0 Å². The summed E-state index contributed by atoms with van der Waals surface area (Å²) >= 11 is 0. The van der Waals surface area contributed by atoms with Crippen molar-refractivity contribution in [1.29, 1.82) is 0 Å². The van der Waals surface area contributed by atoms with Gasteiger partial charge in [0.15, 0.2) is 0 Å². The maximum absolute atomic E-state index is 5.77. The molecule has 0 heterocycles. The molecule has 0 amide bonds. The van der Waals surface area contributed by atoms with Crippen LogP contribution in [0.3, 0.4) is 0 Å². The van der Waals surface area contributed by atoms with E-state index in [-0.39, 0.29) is 0 Å². The predicted molar refractivity (Wildman–Crippen MR) is 72.9 cm³/mol. The second-order valence-corrected chi connectivity index (χ2v) is 4.89. The first-order valence-electron chi connectivity index (χ1n) is 6.99. The average Bonchev–Trinajstić information content (AvgIpc) is 2.38. The van der Waals surface area contributed by atoms with Crippen LogP contribution in [0.1, 0.15) is 52.4 Å². The van der Waals surface area contributed by atoms with Crippen molar-refractivity contribution in [1.82, 2.24) is 5.32 Å². The maximum atomic E-state index is 5.77. The first-order chi connectivity index (χ1) is 8.33. The van der Waals surface area contributed by atoms with Crippen LogP contribution in [-0.4, -0.2) is 25.8 Å². The number of methoxy groups -OCH3 is 1. The molecule has 1 aliphatic carbocycles. The Labute approximate surface area is 107 Å². The number of nitrogens with one attached hydrogen (secondary N) is 1. The highest BCUT2D eigenvalue weighted by Gasteiger charge is 2.29. The van der Waals surface area contributed by atoms with E-state index >= 15 is 0 Å². The average molecular weight is 237 g/mol. The van der Waals surface area contributed by atoms with Gasteiger partial charge in [-0.15, -0.1) is 11.8 Å². The van der Waals surface area contributed by atoms with Gasteiger partial charge in [0, 0.05) is 19.6 Å². The lowest BCUT2D eigenvalue weighted by Gasteiger charge is -2.34. The molecule has 17 heavy (non-hydrogen) atoms. The van der Waals surface area contributed by atoms with Crippen molar-refractivity contribution in [2.24, 2.45) is 5.92 Å². The lowest BCUT2D eigenvalue weighted by Crippen LogP contribution is -2.45. The Morgan fingerprint density at radius 1 is 1.29 bits per heavy atom. The molecule has 2 unspecified atom stereocenters. The van der Waals surface area contributed by atoms with E-state index in [0.717, 1.165) is 18.9 Å². The summed E-state index contributed by atoms with van der Waals surface area (Å²) in [4.78, 5) is 0. The standard InChI is InChI=1S/C15H27NO/c1-4-6-12-14(16-5-2)15(17-3)13-10-8-7-9-11-13/h13-16H,5,7-12H2,1-3H3. The van der Waals surface area contributed by atoms with E-state index < -0.39 is 0 Å². The topological polar surface area (TPSA) is 21.3 Å². The Kier molecular flexibility index (Phi) is 7.32. The number of hydrogen-bond donors (Lipinski definition) is 1. The highest BCUT2D eigenvalue weighted by Crippen LogP contribution is 2.29.